The average Bonchev–Trinajstić information content (AvgIpc) is 2.76. The SMILES string of the molecule is CC1CCN(c2ccc(NC(=O)c3cnc(Nc4ccccc4)cn3)cc2)CC1. The van der Waals surface area contributed by atoms with Gasteiger partial charge in [-0.05, 0) is 55.2 Å². The molecule has 0 saturated carbocycles. The third-order valence-corrected chi connectivity index (χ3v) is 5.20. The Bertz CT molecular complexity index is 933. The van der Waals surface area contributed by atoms with Crippen LogP contribution in [0.25, 0.3) is 0 Å². The minimum absolute atomic E-state index is 0.275. The second kappa shape index (κ2) is 8.73. The van der Waals surface area contributed by atoms with Crippen LogP contribution >= 0.6 is 0 Å². The molecule has 1 fully saturated rings. The lowest BCUT2D eigenvalue weighted by molar-refractivity contribution is 0.102. The first kappa shape index (κ1) is 18.9. The fourth-order valence-corrected chi connectivity index (χ4v) is 3.40. The second-order valence-corrected chi connectivity index (χ2v) is 7.45. The number of carbonyl (C=O) groups excluding carboxylic acids is 1. The summed E-state index contributed by atoms with van der Waals surface area (Å²) in [6, 6.07) is 17.7. The van der Waals surface area contributed by atoms with E-state index in [1.807, 2.05) is 42.5 Å². The average molecular weight is 387 g/mol. The topological polar surface area (TPSA) is 70.2 Å². The molecule has 1 amide bonds. The highest BCUT2D eigenvalue weighted by molar-refractivity contribution is 6.02. The highest BCUT2D eigenvalue weighted by atomic mass is 16.1. The van der Waals surface area contributed by atoms with Gasteiger partial charge in [0, 0.05) is 30.2 Å². The first-order valence-electron chi connectivity index (χ1n) is 9.98. The summed E-state index contributed by atoms with van der Waals surface area (Å²) in [5.41, 5.74) is 3.14. The second-order valence-electron chi connectivity index (χ2n) is 7.45. The molecule has 0 atom stereocenters. The van der Waals surface area contributed by atoms with Gasteiger partial charge >= 0.3 is 0 Å². The molecule has 2 aromatic carbocycles. The van der Waals surface area contributed by atoms with Crippen LogP contribution in [0.5, 0.6) is 0 Å². The molecule has 0 unspecified atom stereocenters. The normalized spacial score (nSPS) is 14.4. The van der Waals surface area contributed by atoms with Gasteiger partial charge in [0.2, 0.25) is 0 Å². The Morgan fingerprint density at radius 3 is 2.31 bits per heavy atom. The summed E-state index contributed by atoms with van der Waals surface area (Å²) in [6.45, 7) is 4.49. The molecule has 0 aliphatic carbocycles. The molecule has 1 aliphatic rings. The number of amides is 1. The van der Waals surface area contributed by atoms with E-state index in [2.05, 4.69) is 44.6 Å². The number of nitrogens with zero attached hydrogens (tertiary/aromatic N) is 3. The van der Waals surface area contributed by atoms with Gasteiger partial charge in [0.05, 0.1) is 12.4 Å². The highest BCUT2D eigenvalue weighted by Crippen LogP contribution is 2.24. The number of benzene rings is 2. The molecule has 3 aromatic rings. The van der Waals surface area contributed by atoms with Gasteiger partial charge in [-0.15, -0.1) is 0 Å². The molecular formula is C23H25N5O. The number of para-hydroxylation sites is 1. The predicted octanol–water partition coefficient (Wildman–Crippen LogP) is 4.71. The van der Waals surface area contributed by atoms with Crippen LogP contribution < -0.4 is 15.5 Å². The number of anilines is 4. The van der Waals surface area contributed by atoms with Crippen molar-refractivity contribution in [2.24, 2.45) is 5.92 Å². The molecule has 2 heterocycles. The van der Waals surface area contributed by atoms with Crippen molar-refractivity contribution in [3.63, 3.8) is 0 Å². The maximum atomic E-state index is 12.5. The van der Waals surface area contributed by atoms with Gasteiger partial charge < -0.3 is 15.5 Å². The number of hydrogen-bond acceptors (Lipinski definition) is 5. The Hall–Kier alpha value is -3.41. The predicted molar refractivity (Wildman–Crippen MR) is 117 cm³/mol. The molecule has 6 nitrogen and oxygen atoms in total. The first-order valence-corrected chi connectivity index (χ1v) is 9.98. The van der Waals surface area contributed by atoms with Crippen molar-refractivity contribution in [3.05, 3.63) is 72.7 Å². The van der Waals surface area contributed by atoms with E-state index in [0.717, 1.165) is 30.4 Å². The summed E-state index contributed by atoms with van der Waals surface area (Å²) in [4.78, 5) is 23.4. The molecule has 148 valence electrons. The number of carbonyl (C=O) groups is 1. The molecule has 1 aliphatic heterocycles. The lowest BCUT2D eigenvalue weighted by Gasteiger charge is -2.32. The van der Waals surface area contributed by atoms with Crippen molar-refractivity contribution in [3.8, 4) is 0 Å². The molecule has 0 spiro atoms. The molecule has 0 radical (unpaired) electrons. The summed E-state index contributed by atoms with van der Waals surface area (Å²) in [7, 11) is 0. The summed E-state index contributed by atoms with van der Waals surface area (Å²) in [5, 5.41) is 6.03. The molecule has 4 rings (SSSR count). The van der Waals surface area contributed by atoms with Crippen LogP contribution in [0.15, 0.2) is 67.0 Å². The zero-order chi connectivity index (χ0) is 20.1. The maximum absolute atomic E-state index is 12.5. The van der Waals surface area contributed by atoms with Crippen LogP contribution in [0.3, 0.4) is 0 Å². The van der Waals surface area contributed by atoms with Crippen molar-refractivity contribution in [2.75, 3.05) is 28.6 Å². The summed E-state index contributed by atoms with van der Waals surface area (Å²) >= 11 is 0. The van der Waals surface area contributed by atoms with Gasteiger partial charge in [-0.2, -0.15) is 0 Å². The summed E-state index contributed by atoms with van der Waals surface area (Å²) < 4.78 is 0. The Morgan fingerprint density at radius 1 is 0.931 bits per heavy atom. The van der Waals surface area contributed by atoms with E-state index < -0.39 is 0 Å². The summed E-state index contributed by atoms with van der Waals surface area (Å²) in [6.07, 6.45) is 5.49. The molecule has 2 N–H and O–H groups in total. The maximum Gasteiger partial charge on any atom is 0.275 e. The van der Waals surface area contributed by atoms with E-state index >= 15 is 0 Å². The highest BCUT2D eigenvalue weighted by Gasteiger charge is 2.16. The van der Waals surface area contributed by atoms with Crippen LogP contribution in [-0.4, -0.2) is 29.0 Å². The summed E-state index contributed by atoms with van der Waals surface area (Å²) in [5.74, 6) is 1.12. The van der Waals surface area contributed by atoms with Crippen molar-refractivity contribution in [1.29, 1.82) is 0 Å². The Morgan fingerprint density at radius 2 is 1.66 bits per heavy atom. The van der Waals surface area contributed by atoms with Crippen LogP contribution in [0, 0.1) is 5.92 Å². The minimum atomic E-state index is -0.275. The van der Waals surface area contributed by atoms with Crippen LogP contribution in [0.4, 0.5) is 22.9 Å². The number of aromatic nitrogens is 2. The van der Waals surface area contributed by atoms with Crippen molar-refractivity contribution < 1.29 is 4.79 Å². The lowest BCUT2D eigenvalue weighted by Crippen LogP contribution is -2.32. The fraction of sp³-hybridized carbons (Fsp3) is 0.261. The van der Waals surface area contributed by atoms with Crippen molar-refractivity contribution >= 4 is 28.8 Å². The molecule has 6 heteroatoms. The van der Waals surface area contributed by atoms with E-state index in [4.69, 9.17) is 0 Å². The molecule has 29 heavy (non-hydrogen) atoms. The molecule has 1 aromatic heterocycles. The smallest absolute Gasteiger partial charge is 0.275 e. The number of piperidine rings is 1. The number of hydrogen-bond donors (Lipinski definition) is 2. The zero-order valence-corrected chi connectivity index (χ0v) is 16.5. The van der Waals surface area contributed by atoms with Crippen molar-refractivity contribution in [1.82, 2.24) is 9.97 Å². The van der Waals surface area contributed by atoms with Gasteiger partial charge in [0.15, 0.2) is 0 Å². The van der Waals surface area contributed by atoms with E-state index in [-0.39, 0.29) is 11.6 Å². The minimum Gasteiger partial charge on any atom is -0.372 e. The number of rotatable bonds is 5. The number of nitrogens with one attached hydrogen (secondary N) is 2. The van der Waals surface area contributed by atoms with Gasteiger partial charge in [-0.25, -0.2) is 9.97 Å². The van der Waals surface area contributed by atoms with E-state index in [1.165, 1.54) is 24.7 Å². The van der Waals surface area contributed by atoms with Crippen LogP contribution in [-0.2, 0) is 0 Å². The Labute approximate surface area is 171 Å². The van der Waals surface area contributed by atoms with Gasteiger partial charge in [0.1, 0.15) is 11.5 Å². The molecule has 1 saturated heterocycles. The van der Waals surface area contributed by atoms with E-state index in [0.29, 0.717) is 5.82 Å². The Balaban J connectivity index is 1.35. The third kappa shape index (κ3) is 4.90. The van der Waals surface area contributed by atoms with Gasteiger partial charge in [-0.1, -0.05) is 25.1 Å². The molecular weight excluding hydrogens is 362 g/mol. The fourth-order valence-electron chi connectivity index (χ4n) is 3.40. The van der Waals surface area contributed by atoms with Crippen LogP contribution in [0.2, 0.25) is 0 Å². The van der Waals surface area contributed by atoms with Crippen LogP contribution in [0.1, 0.15) is 30.3 Å². The largest absolute Gasteiger partial charge is 0.372 e. The quantitative estimate of drug-likeness (QED) is 0.663. The van der Waals surface area contributed by atoms with E-state index in [1.54, 1.807) is 6.20 Å². The molecule has 0 bridgehead atoms. The van der Waals surface area contributed by atoms with E-state index in [9.17, 15) is 4.79 Å². The van der Waals surface area contributed by atoms with Crippen molar-refractivity contribution in [2.45, 2.75) is 19.8 Å². The third-order valence-electron chi connectivity index (χ3n) is 5.20. The zero-order valence-electron chi connectivity index (χ0n) is 16.5. The Kier molecular flexibility index (Phi) is 5.70. The first-order chi connectivity index (χ1) is 14.2. The van der Waals surface area contributed by atoms with Gasteiger partial charge in [0.25, 0.3) is 5.91 Å². The van der Waals surface area contributed by atoms with Gasteiger partial charge in [-0.3, -0.25) is 4.79 Å². The lowest BCUT2D eigenvalue weighted by atomic mass is 9.99. The standard InChI is InChI=1S/C23H25N5O/c1-17-11-13-28(14-12-17)20-9-7-19(8-10-20)27-23(29)21-15-25-22(16-24-21)26-18-5-3-2-4-6-18/h2-10,15-17H,11-14H2,1H3,(H,25,26)(H,27,29). The monoisotopic (exact) mass is 387 g/mol.